The third kappa shape index (κ3) is 4.10. The van der Waals surface area contributed by atoms with E-state index in [-0.39, 0.29) is 0 Å². The van der Waals surface area contributed by atoms with Crippen LogP contribution in [0.4, 0.5) is 0 Å². The van der Waals surface area contributed by atoms with E-state index < -0.39 is 5.60 Å². The minimum absolute atomic E-state index is 0.405. The van der Waals surface area contributed by atoms with E-state index in [0.29, 0.717) is 12.0 Å². The first-order valence-corrected chi connectivity index (χ1v) is 8.01. The van der Waals surface area contributed by atoms with Crippen molar-refractivity contribution in [2.24, 2.45) is 5.41 Å². The molecule has 1 fully saturated rings. The molecule has 0 amide bonds. The fraction of sp³-hybridized carbons (Fsp3) is 0.765. The quantitative estimate of drug-likeness (QED) is 0.837. The van der Waals surface area contributed by atoms with Crippen molar-refractivity contribution >= 4 is 0 Å². The van der Waals surface area contributed by atoms with Crippen molar-refractivity contribution in [1.29, 1.82) is 0 Å². The highest BCUT2D eigenvalue weighted by Gasteiger charge is 2.36. The van der Waals surface area contributed by atoms with Gasteiger partial charge in [-0.25, -0.2) is 0 Å². The summed E-state index contributed by atoms with van der Waals surface area (Å²) >= 11 is 0. The molecule has 3 heteroatoms. The molecule has 0 bridgehead atoms. The number of nitrogens with one attached hydrogen (secondary N) is 1. The maximum Gasteiger partial charge on any atom is 0.0772 e. The summed E-state index contributed by atoms with van der Waals surface area (Å²) in [6, 6.07) is 4.27. The van der Waals surface area contributed by atoms with E-state index in [1.54, 1.807) is 0 Å². The molecule has 1 aromatic heterocycles. The van der Waals surface area contributed by atoms with Gasteiger partial charge in [-0.05, 0) is 49.7 Å². The summed E-state index contributed by atoms with van der Waals surface area (Å²) in [5.41, 5.74) is 1.21. The second-order valence-electron chi connectivity index (χ2n) is 7.19. The molecule has 1 heterocycles. The molecule has 114 valence electrons. The number of aryl methyl sites for hydroxylation is 1. The molecule has 1 aliphatic carbocycles. The topological polar surface area (TPSA) is 37.2 Å². The molecule has 1 saturated carbocycles. The van der Waals surface area contributed by atoms with Gasteiger partial charge in [0.2, 0.25) is 0 Å². The number of hydrogen-bond donors (Lipinski definition) is 2. The lowest BCUT2D eigenvalue weighted by atomic mass is 9.71. The molecule has 0 atom stereocenters. The number of aliphatic hydroxyl groups is 1. The lowest BCUT2D eigenvalue weighted by Crippen LogP contribution is -2.45. The van der Waals surface area contributed by atoms with E-state index in [1.807, 2.05) is 0 Å². The van der Waals surface area contributed by atoms with Gasteiger partial charge in [-0.1, -0.05) is 20.8 Å². The Hall–Kier alpha value is -0.800. The fourth-order valence-electron chi connectivity index (χ4n) is 3.06. The summed E-state index contributed by atoms with van der Waals surface area (Å²) in [6.07, 6.45) is 7.37. The smallest absolute Gasteiger partial charge is 0.0772 e. The zero-order valence-electron chi connectivity index (χ0n) is 13.3. The molecule has 3 nitrogen and oxygen atoms in total. The van der Waals surface area contributed by atoms with Crippen molar-refractivity contribution in [3.8, 4) is 0 Å². The van der Waals surface area contributed by atoms with Crippen LogP contribution >= 0.6 is 0 Å². The normalized spacial score (nSPS) is 21.0. The maximum absolute atomic E-state index is 10.6. The highest BCUT2D eigenvalue weighted by Crippen LogP contribution is 2.39. The zero-order valence-corrected chi connectivity index (χ0v) is 13.3. The Morgan fingerprint density at radius 3 is 2.60 bits per heavy atom. The average Bonchev–Trinajstić information content (AvgIpc) is 2.82. The van der Waals surface area contributed by atoms with Gasteiger partial charge < -0.3 is 15.0 Å². The minimum Gasteiger partial charge on any atom is -0.389 e. The molecule has 0 unspecified atom stereocenters. The molecule has 2 rings (SSSR count). The van der Waals surface area contributed by atoms with Gasteiger partial charge in [0, 0.05) is 31.5 Å². The van der Waals surface area contributed by atoms with Gasteiger partial charge in [0.1, 0.15) is 0 Å². The van der Waals surface area contributed by atoms with Crippen LogP contribution in [0.15, 0.2) is 18.3 Å². The lowest BCUT2D eigenvalue weighted by Gasteiger charge is -2.40. The summed E-state index contributed by atoms with van der Waals surface area (Å²) in [7, 11) is 0. The second-order valence-corrected chi connectivity index (χ2v) is 7.19. The number of aromatic nitrogens is 1. The van der Waals surface area contributed by atoms with Crippen molar-refractivity contribution in [3.05, 3.63) is 24.0 Å². The predicted molar refractivity (Wildman–Crippen MR) is 83.6 cm³/mol. The molecular formula is C17H30N2O. The van der Waals surface area contributed by atoms with Crippen molar-refractivity contribution in [2.75, 3.05) is 6.54 Å². The van der Waals surface area contributed by atoms with Crippen LogP contribution in [0, 0.1) is 5.41 Å². The summed E-state index contributed by atoms with van der Waals surface area (Å²) in [6.45, 7) is 9.43. The molecule has 2 N–H and O–H groups in total. The van der Waals surface area contributed by atoms with Crippen LogP contribution < -0.4 is 5.32 Å². The Bertz CT molecular complexity index is 412. The van der Waals surface area contributed by atoms with Crippen LogP contribution in [0.2, 0.25) is 0 Å². The van der Waals surface area contributed by atoms with Gasteiger partial charge in [-0.3, -0.25) is 0 Å². The first-order chi connectivity index (χ1) is 9.44. The largest absolute Gasteiger partial charge is 0.389 e. The Morgan fingerprint density at radius 1 is 1.25 bits per heavy atom. The van der Waals surface area contributed by atoms with Crippen LogP contribution in [0.5, 0.6) is 0 Å². The van der Waals surface area contributed by atoms with Crippen molar-refractivity contribution in [3.63, 3.8) is 0 Å². The van der Waals surface area contributed by atoms with Gasteiger partial charge in [0.25, 0.3) is 0 Å². The molecular weight excluding hydrogens is 248 g/mol. The average molecular weight is 278 g/mol. The molecule has 20 heavy (non-hydrogen) atoms. The molecule has 0 aromatic carbocycles. The zero-order chi connectivity index (χ0) is 14.6. The lowest BCUT2D eigenvalue weighted by molar-refractivity contribution is -0.0245. The Morgan fingerprint density at radius 2 is 1.95 bits per heavy atom. The molecule has 1 aromatic rings. The molecule has 1 aliphatic rings. The number of hydrogen-bond acceptors (Lipinski definition) is 2. The standard InChI is InChI=1S/C17H30N2O/c1-4-11-19-12-5-6-15(19)13-18-14-17(20)9-7-16(2,3)8-10-17/h5-6,12,18,20H,4,7-11,13-14H2,1-3H3. The first-order valence-electron chi connectivity index (χ1n) is 8.01. The third-order valence-electron chi connectivity index (χ3n) is 4.68. The minimum atomic E-state index is -0.502. The second kappa shape index (κ2) is 6.31. The summed E-state index contributed by atoms with van der Waals surface area (Å²) in [5.74, 6) is 0. The van der Waals surface area contributed by atoms with Crippen LogP contribution in [-0.2, 0) is 13.1 Å². The molecule has 0 radical (unpaired) electrons. The van der Waals surface area contributed by atoms with Crippen LogP contribution in [0.3, 0.4) is 0 Å². The monoisotopic (exact) mass is 278 g/mol. The van der Waals surface area contributed by atoms with E-state index in [2.05, 4.69) is 49.0 Å². The number of nitrogens with zero attached hydrogens (tertiary/aromatic N) is 1. The first kappa shape index (κ1) is 15.6. The summed E-state index contributed by atoms with van der Waals surface area (Å²) in [5, 5.41) is 14.1. The van der Waals surface area contributed by atoms with Gasteiger partial charge in [0.15, 0.2) is 0 Å². The SMILES string of the molecule is CCCn1cccc1CNCC1(O)CCC(C)(C)CC1. The molecule has 0 spiro atoms. The van der Waals surface area contributed by atoms with Gasteiger partial charge >= 0.3 is 0 Å². The predicted octanol–water partition coefficient (Wildman–Crippen LogP) is 3.32. The highest BCUT2D eigenvalue weighted by molar-refractivity contribution is 5.07. The molecule has 0 aliphatic heterocycles. The van der Waals surface area contributed by atoms with E-state index in [1.165, 1.54) is 5.69 Å². The van der Waals surface area contributed by atoms with E-state index in [9.17, 15) is 5.11 Å². The molecule has 0 saturated heterocycles. The van der Waals surface area contributed by atoms with E-state index >= 15 is 0 Å². The van der Waals surface area contributed by atoms with Crippen LogP contribution in [0.25, 0.3) is 0 Å². The Balaban J connectivity index is 1.79. The van der Waals surface area contributed by atoms with Crippen LogP contribution in [-0.4, -0.2) is 21.8 Å². The van der Waals surface area contributed by atoms with Crippen molar-refractivity contribution in [2.45, 2.75) is 71.6 Å². The van der Waals surface area contributed by atoms with Gasteiger partial charge in [-0.15, -0.1) is 0 Å². The summed E-state index contributed by atoms with van der Waals surface area (Å²) < 4.78 is 2.29. The third-order valence-corrected chi connectivity index (χ3v) is 4.68. The fourth-order valence-corrected chi connectivity index (χ4v) is 3.06. The van der Waals surface area contributed by atoms with Crippen molar-refractivity contribution in [1.82, 2.24) is 9.88 Å². The van der Waals surface area contributed by atoms with Gasteiger partial charge in [0.05, 0.1) is 5.60 Å². The van der Waals surface area contributed by atoms with Crippen LogP contribution in [0.1, 0.15) is 58.6 Å². The van der Waals surface area contributed by atoms with E-state index in [4.69, 9.17) is 0 Å². The maximum atomic E-state index is 10.6. The summed E-state index contributed by atoms with van der Waals surface area (Å²) in [4.78, 5) is 0. The Kier molecular flexibility index (Phi) is 4.92. The Labute approximate surface area is 123 Å². The van der Waals surface area contributed by atoms with Gasteiger partial charge in [-0.2, -0.15) is 0 Å². The van der Waals surface area contributed by atoms with E-state index in [0.717, 1.165) is 45.2 Å². The number of rotatable bonds is 6. The highest BCUT2D eigenvalue weighted by atomic mass is 16.3. The van der Waals surface area contributed by atoms with Crippen molar-refractivity contribution < 1.29 is 5.11 Å².